The van der Waals surface area contributed by atoms with Gasteiger partial charge in [-0.3, -0.25) is 9.59 Å². The topological polar surface area (TPSA) is 53.2 Å². The average Bonchev–Trinajstić information content (AvgIpc) is 2.54. The summed E-state index contributed by atoms with van der Waals surface area (Å²) in [5.41, 5.74) is 0.942. The van der Waals surface area contributed by atoms with E-state index in [0.717, 1.165) is 10.9 Å². The minimum Gasteiger partial charge on any atom is -0.336 e. The third-order valence-corrected chi connectivity index (χ3v) is 3.87. The van der Waals surface area contributed by atoms with Crippen LogP contribution in [0.1, 0.15) is 16.1 Å². The number of hydrogen-bond donors (Lipinski definition) is 1. The number of aromatic amines is 1. The molecule has 0 saturated carbocycles. The smallest absolute Gasteiger partial charge is 0.270 e. The van der Waals surface area contributed by atoms with Gasteiger partial charge < -0.3 is 9.88 Å². The number of aromatic nitrogens is 1. The third-order valence-electron chi connectivity index (χ3n) is 3.64. The summed E-state index contributed by atoms with van der Waals surface area (Å²) >= 11 is 5.96. The lowest BCUT2D eigenvalue weighted by molar-refractivity contribution is 0.0779. The highest BCUT2D eigenvalue weighted by Gasteiger charge is 2.14. The molecule has 0 spiro atoms. The Morgan fingerprint density at radius 2 is 1.91 bits per heavy atom. The predicted octanol–water partition coefficient (Wildman–Crippen LogP) is 3.45. The normalized spacial score (nSPS) is 10.7. The molecule has 0 aliphatic heterocycles. The Balaban J connectivity index is 1.89. The summed E-state index contributed by atoms with van der Waals surface area (Å²) in [6.45, 7) is 0.411. The Morgan fingerprint density at radius 1 is 1.13 bits per heavy atom. The molecule has 23 heavy (non-hydrogen) atoms. The molecule has 0 fully saturated rings. The van der Waals surface area contributed by atoms with Crippen LogP contribution in [-0.2, 0) is 6.54 Å². The van der Waals surface area contributed by atoms with Crippen LogP contribution in [0.15, 0.2) is 59.4 Å². The van der Waals surface area contributed by atoms with Crippen LogP contribution >= 0.6 is 11.6 Å². The quantitative estimate of drug-likeness (QED) is 0.801. The number of rotatable bonds is 3. The fourth-order valence-electron chi connectivity index (χ4n) is 2.51. The van der Waals surface area contributed by atoms with Crippen molar-refractivity contribution in [2.45, 2.75) is 6.54 Å². The number of amides is 1. The van der Waals surface area contributed by atoms with E-state index < -0.39 is 0 Å². The number of nitrogens with one attached hydrogen (secondary N) is 1. The molecule has 0 atom stereocenters. The van der Waals surface area contributed by atoms with E-state index in [1.165, 1.54) is 0 Å². The summed E-state index contributed by atoms with van der Waals surface area (Å²) in [5.74, 6) is -0.243. The Bertz CT molecular complexity index is 933. The van der Waals surface area contributed by atoms with Crippen LogP contribution in [0.5, 0.6) is 0 Å². The summed E-state index contributed by atoms with van der Waals surface area (Å²) in [6.07, 6.45) is 0. The summed E-state index contributed by atoms with van der Waals surface area (Å²) in [7, 11) is 1.69. The number of hydrogen-bond acceptors (Lipinski definition) is 2. The van der Waals surface area contributed by atoms with Gasteiger partial charge in [0.15, 0.2) is 0 Å². The van der Waals surface area contributed by atoms with Crippen molar-refractivity contribution in [1.82, 2.24) is 9.88 Å². The van der Waals surface area contributed by atoms with E-state index in [2.05, 4.69) is 4.98 Å². The van der Waals surface area contributed by atoms with E-state index >= 15 is 0 Å². The summed E-state index contributed by atoms with van der Waals surface area (Å²) in [6, 6.07) is 16.2. The molecule has 0 radical (unpaired) electrons. The zero-order chi connectivity index (χ0) is 16.4. The largest absolute Gasteiger partial charge is 0.336 e. The first-order valence-electron chi connectivity index (χ1n) is 7.16. The van der Waals surface area contributed by atoms with E-state index in [9.17, 15) is 9.59 Å². The molecule has 1 aromatic heterocycles. The number of nitrogens with zero attached hydrogens (tertiary/aromatic N) is 1. The Morgan fingerprint density at radius 3 is 2.70 bits per heavy atom. The first kappa shape index (κ1) is 15.3. The van der Waals surface area contributed by atoms with Crippen LogP contribution in [0.2, 0.25) is 5.02 Å². The number of H-pyrrole nitrogens is 1. The van der Waals surface area contributed by atoms with Crippen molar-refractivity contribution in [3.05, 3.63) is 81.2 Å². The van der Waals surface area contributed by atoms with Gasteiger partial charge in [-0.1, -0.05) is 41.9 Å². The number of pyridine rings is 1. The number of benzene rings is 2. The Hall–Kier alpha value is -2.59. The van der Waals surface area contributed by atoms with Gasteiger partial charge in [-0.05, 0) is 35.2 Å². The van der Waals surface area contributed by atoms with Crippen LogP contribution < -0.4 is 5.56 Å². The van der Waals surface area contributed by atoms with Crippen LogP contribution in [0, 0.1) is 0 Å². The van der Waals surface area contributed by atoms with E-state index in [1.54, 1.807) is 36.2 Å². The summed E-state index contributed by atoms with van der Waals surface area (Å²) in [5, 5.41) is 1.94. The molecule has 0 unspecified atom stereocenters. The molecule has 1 N–H and O–H groups in total. The van der Waals surface area contributed by atoms with Crippen molar-refractivity contribution in [2.75, 3.05) is 7.05 Å². The maximum Gasteiger partial charge on any atom is 0.270 e. The highest BCUT2D eigenvalue weighted by Crippen LogP contribution is 2.14. The van der Waals surface area contributed by atoms with Crippen molar-refractivity contribution >= 4 is 28.3 Å². The van der Waals surface area contributed by atoms with Gasteiger partial charge in [0.1, 0.15) is 5.69 Å². The van der Waals surface area contributed by atoms with Gasteiger partial charge in [0.05, 0.1) is 0 Å². The first-order chi connectivity index (χ1) is 11.0. The Kier molecular flexibility index (Phi) is 4.17. The second-order valence-corrected chi connectivity index (χ2v) is 5.83. The van der Waals surface area contributed by atoms with Gasteiger partial charge in [0, 0.05) is 24.0 Å². The molecule has 1 heterocycles. The van der Waals surface area contributed by atoms with Gasteiger partial charge in [-0.2, -0.15) is 0 Å². The summed E-state index contributed by atoms with van der Waals surface area (Å²) < 4.78 is 0. The zero-order valence-electron chi connectivity index (χ0n) is 12.5. The minimum atomic E-state index is -0.261. The molecule has 1 amide bonds. The van der Waals surface area contributed by atoms with Crippen molar-refractivity contribution in [1.29, 1.82) is 0 Å². The molecule has 4 nitrogen and oxygen atoms in total. The molecule has 0 aliphatic carbocycles. The van der Waals surface area contributed by atoms with Crippen LogP contribution in [0.4, 0.5) is 0 Å². The second kappa shape index (κ2) is 6.26. The molecular formula is C18H15ClN2O2. The average molecular weight is 327 g/mol. The lowest BCUT2D eigenvalue weighted by Gasteiger charge is -2.17. The van der Waals surface area contributed by atoms with Gasteiger partial charge in [-0.15, -0.1) is 0 Å². The van der Waals surface area contributed by atoms with Gasteiger partial charge in [-0.25, -0.2) is 0 Å². The monoisotopic (exact) mass is 326 g/mol. The van der Waals surface area contributed by atoms with Crippen LogP contribution in [0.25, 0.3) is 10.8 Å². The number of carbonyl (C=O) groups is 1. The molecule has 0 bridgehead atoms. The zero-order valence-corrected chi connectivity index (χ0v) is 13.3. The SMILES string of the molecule is CN(Cc1cccc(Cl)c1)C(=O)c1cc2ccccc2c(=O)[nH]1. The van der Waals surface area contributed by atoms with Gasteiger partial charge in [0.2, 0.25) is 0 Å². The molecular weight excluding hydrogens is 312 g/mol. The minimum absolute atomic E-state index is 0.243. The number of fused-ring (bicyclic) bond motifs is 1. The van der Waals surface area contributed by atoms with Crippen LogP contribution in [-0.4, -0.2) is 22.8 Å². The standard InChI is InChI=1S/C18H15ClN2O2/c1-21(11-12-5-4-7-14(19)9-12)18(23)16-10-13-6-2-3-8-15(13)17(22)20-16/h2-10H,11H2,1H3,(H,20,22). The van der Waals surface area contributed by atoms with Crippen molar-refractivity contribution in [2.24, 2.45) is 0 Å². The fraction of sp³-hybridized carbons (Fsp3) is 0.111. The molecule has 116 valence electrons. The summed E-state index contributed by atoms with van der Waals surface area (Å²) in [4.78, 5) is 28.8. The van der Waals surface area contributed by atoms with Crippen LogP contribution in [0.3, 0.4) is 0 Å². The second-order valence-electron chi connectivity index (χ2n) is 5.39. The van der Waals surface area contributed by atoms with Gasteiger partial charge in [0.25, 0.3) is 11.5 Å². The molecule has 3 rings (SSSR count). The molecule has 3 aromatic rings. The van der Waals surface area contributed by atoms with E-state index in [0.29, 0.717) is 17.0 Å². The molecule has 2 aromatic carbocycles. The van der Waals surface area contributed by atoms with Gasteiger partial charge >= 0.3 is 0 Å². The van der Waals surface area contributed by atoms with Crippen molar-refractivity contribution < 1.29 is 4.79 Å². The highest BCUT2D eigenvalue weighted by molar-refractivity contribution is 6.30. The van der Waals surface area contributed by atoms with E-state index in [-0.39, 0.29) is 17.2 Å². The van der Waals surface area contributed by atoms with Crippen molar-refractivity contribution in [3.8, 4) is 0 Å². The van der Waals surface area contributed by atoms with Crippen molar-refractivity contribution in [3.63, 3.8) is 0 Å². The molecule has 5 heteroatoms. The maximum atomic E-state index is 12.6. The number of halogens is 1. The number of carbonyl (C=O) groups excluding carboxylic acids is 1. The van der Waals surface area contributed by atoms with E-state index in [4.69, 9.17) is 11.6 Å². The highest BCUT2D eigenvalue weighted by atomic mass is 35.5. The molecule has 0 saturated heterocycles. The lowest BCUT2D eigenvalue weighted by Crippen LogP contribution is -2.28. The fourth-order valence-corrected chi connectivity index (χ4v) is 2.73. The predicted molar refractivity (Wildman–Crippen MR) is 91.8 cm³/mol. The maximum absolute atomic E-state index is 12.6. The Labute approximate surface area is 138 Å². The third kappa shape index (κ3) is 3.27. The lowest BCUT2D eigenvalue weighted by atomic mass is 10.1. The van der Waals surface area contributed by atoms with E-state index in [1.807, 2.05) is 30.3 Å². The molecule has 0 aliphatic rings. The first-order valence-corrected chi connectivity index (χ1v) is 7.54.